The molecule has 0 spiro atoms. The molecule has 2 rings (SSSR count). The van der Waals surface area contributed by atoms with Gasteiger partial charge in [0.1, 0.15) is 12.6 Å². The van der Waals surface area contributed by atoms with E-state index in [-0.39, 0.29) is 6.54 Å². The topological polar surface area (TPSA) is 105 Å². The minimum absolute atomic E-state index is 0.149. The van der Waals surface area contributed by atoms with Crippen molar-refractivity contribution in [3.63, 3.8) is 0 Å². The van der Waals surface area contributed by atoms with E-state index >= 15 is 0 Å². The molecule has 106 valence electrons. The average molecular weight is 276 g/mol. The summed E-state index contributed by atoms with van der Waals surface area (Å²) in [6, 6.07) is 4.41. The minimum Gasteiger partial charge on any atom is -0.323 e. The second-order valence-electron chi connectivity index (χ2n) is 4.71. The van der Waals surface area contributed by atoms with E-state index in [0.29, 0.717) is 11.3 Å². The lowest BCUT2D eigenvalue weighted by atomic mass is 10.1. The molecule has 0 aliphatic carbocycles. The van der Waals surface area contributed by atoms with Crippen LogP contribution in [0.4, 0.5) is 5.69 Å². The summed E-state index contributed by atoms with van der Waals surface area (Å²) in [5.74, 6) is 4.03. The molecule has 1 fully saturated rings. The van der Waals surface area contributed by atoms with Gasteiger partial charge in [0.05, 0.1) is 11.3 Å². The predicted molar refractivity (Wildman–Crippen MR) is 72.6 cm³/mol. The number of anilines is 1. The minimum atomic E-state index is -0.702. The first-order chi connectivity index (χ1) is 9.43. The van der Waals surface area contributed by atoms with Crippen molar-refractivity contribution in [2.75, 3.05) is 12.0 Å². The number of aryl methyl sites for hydroxylation is 1. The molecular weight excluding hydrogens is 260 g/mol. The standard InChI is InChI=1S/C13H16N4O3/c1-7-3-4-9(10(5-7)16-14)13(20)17-6-11(18)15-12(19)8(17)2/h3-5,8,16H,6,14H2,1-2H3,(H,15,18,19). The van der Waals surface area contributed by atoms with E-state index in [1.54, 1.807) is 25.1 Å². The van der Waals surface area contributed by atoms with Gasteiger partial charge in [0.2, 0.25) is 11.8 Å². The number of nitrogens with zero attached hydrogens (tertiary/aromatic N) is 1. The fourth-order valence-corrected chi connectivity index (χ4v) is 2.08. The quantitative estimate of drug-likeness (QED) is 0.393. The summed E-state index contributed by atoms with van der Waals surface area (Å²) in [5, 5.41) is 2.19. The zero-order chi connectivity index (χ0) is 14.9. The molecule has 7 heteroatoms. The van der Waals surface area contributed by atoms with Crippen LogP contribution >= 0.6 is 0 Å². The molecule has 1 aromatic carbocycles. The fraction of sp³-hybridized carbons (Fsp3) is 0.308. The maximum Gasteiger partial charge on any atom is 0.257 e. The van der Waals surface area contributed by atoms with Crippen molar-refractivity contribution in [1.29, 1.82) is 0 Å². The Morgan fingerprint density at radius 1 is 1.45 bits per heavy atom. The maximum atomic E-state index is 12.5. The molecule has 20 heavy (non-hydrogen) atoms. The summed E-state index contributed by atoms with van der Waals surface area (Å²) in [4.78, 5) is 36.7. The lowest BCUT2D eigenvalue weighted by Crippen LogP contribution is -2.58. The van der Waals surface area contributed by atoms with Crippen molar-refractivity contribution in [3.8, 4) is 0 Å². The Bertz CT molecular complexity index is 585. The number of nitrogens with one attached hydrogen (secondary N) is 2. The molecule has 0 aromatic heterocycles. The summed E-state index contributed by atoms with van der Waals surface area (Å²) in [6.07, 6.45) is 0. The highest BCUT2D eigenvalue weighted by Gasteiger charge is 2.34. The number of imide groups is 1. The second-order valence-corrected chi connectivity index (χ2v) is 4.71. The van der Waals surface area contributed by atoms with Gasteiger partial charge in [0.15, 0.2) is 0 Å². The Morgan fingerprint density at radius 3 is 2.80 bits per heavy atom. The SMILES string of the molecule is Cc1ccc(C(=O)N2CC(=O)NC(=O)C2C)c(NN)c1. The van der Waals surface area contributed by atoms with Crippen LogP contribution in [0.2, 0.25) is 0 Å². The number of nitrogen functional groups attached to an aromatic ring is 1. The van der Waals surface area contributed by atoms with Crippen molar-refractivity contribution in [1.82, 2.24) is 10.2 Å². The largest absolute Gasteiger partial charge is 0.323 e. The van der Waals surface area contributed by atoms with Crippen molar-refractivity contribution < 1.29 is 14.4 Å². The third-order valence-electron chi connectivity index (χ3n) is 3.25. The van der Waals surface area contributed by atoms with Gasteiger partial charge in [-0.05, 0) is 31.5 Å². The molecule has 4 N–H and O–H groups in total. The first-order valence-electron chi connectivity index (χ1n) is 6.16. The van der Waals surface area contributed by atoms with Crippen molar-refractivity contribution in [2.45, 2.75) is 19.9 Å². The summed E-state index contributed by atoms with van der Waals surface area (Å²) in [5.41, 5.74) is 4.19. The fourth-order valence-electron chi connectivity index (χ4n) is 2.08. The summed E-state index contributed by atoms with van der Waals surface area (Å²) >= 11 is 0. The number of hydrogen-bond donors (Lipinski definition) is 3. The Balaban J connectivity index is 2.35. The smallest absolute Gasteiger partial charge is 0.257 e. The third kappa shape index (κ3) is 2.48. The molecule has 7 nitrogen and oxygen atoms in total. The maximum absolute atomic E-state index is 12.5. The molecule has 0 radical (unpaired) electrons. The van der Waals surface area contributed by atoms with E-state index in [9.17, 15) is 14.4 Å². The number of hydrogen-bond acceptors (Lipinski definition) is 5. The average Bonchev–Trinajstić information content (AvgIpc) is 2.41. The van der Waals surface area contributed by atoms with Crippen LogP contribution in [0.1, 0.15) is 22.8 Å². The summed E-state index contributed by atoms with van der Waals surface area (Å²) in [7, 11) is 0. The normalized spacial score (nSPS) is 18.8. The van der Waals surface area contributed by atoms with E-state index in [4.69, 9.17) is 5.84 Å². The molecule has 1 aliphatic rings. The van der Waals surface area contributed by atoms with Crippen LogP contribution in [0.25, 0.3) is 0 Å². The number of benzene rings is 1. The van der Waals surface area contributed by atoms with Gasteiger partial charge in [-0.15, -0.1) is 0 Å². The molecular formula is C13H16N4O3. The predicted octanol–water partition coefficient (Wildman–Crippen LogP) is -0.232. The van der Waals surface area contributed by atoms with Gasteiger partial charge in [0.25, 0.3) is 5.91 Å². The molecule has 1 unspecified atom stereocenters. The Kier molecular flexibility index (Phi) is 3.71. The van der Waals surface area contributed by atoms with E-state index < -0.39 is 23.8 Å². The third-order valence-corrected chi connectivity index (χ3v) is 3.25. The van der Waals surface area contributed by atoms with E-state index in [2.05, 4.69) is 10.7 Å². The van der Waals surface area contributed by atoms with Gasteiger partial charge in [-0.1, -0.05) is 6.07 Å². The lowest BCUT2D eigenvalue weighted by molar-refractivity contribution is -0.138. The zero-order valence-corrected chi connectivity index (χ0v) is 11.3. The van der Waals surface area contributed by atoms with Gasteiger partial charge in [-0.25, -0.2) is 0 Å². The summed E-state index contributed by atoms with van der Waals surface area (Å²) < 4.78 is 0. The van der Waals surface area contributed by atoms with E-state index in [1.165, 1.54) is 4.90 Å². The van der Waals surface area contributed by atoms with Crippen LogP contribution in [0.15, 0.2) is 18.2 Å². The highest BCUT2D eigenvalue weighted by atomic mass is 16.2. The first-order valence-corrected chi connectivity index (χ1v) is 6.16. The van der Waals surface area contributed by atoms with Gasteiger partial charge < -0.3 is 10.3 Å². The second kappa shape index (κ2) is 5.30. The number of nitrogens with two attached hydrogens (primary N) is 1. The number of carbonyl (C=O) groups excluding carboxylic acids is 3. The van der Waals surface area contributed by atoms with Gasteiger partial charge >= 0.3 is 0 Å². The molecule has 1 atom stereocenters. The van der Waals surface area contributed by atoms with Gasteiger partial charge in [-0.2, -0.15) is 0 Å². The van der Waals surface area contributed by atoms with Crippen LogP contribution in [-0.2, 0) is 9.59 Å². The van der Waals surface area contributed by atoms with Gasteiger partial charge in [0, 0.05) is 0 Å². The Morgan fingerprint density at radius 2 is 2.15 bits per heavy atom. The Labute approximate surface area is 116 Å². The van der Waals surface area contributed by atoms with Crippen LogP contribution < -0.4 is 16.6 Å². The van der Waals surface area contributed by atoms with Crippen LogP contribution in [0.5, 0.6) is 0 Å². The zero-order valence-electron chi connectivity index (χ0n) is 11.3. The monoisotopic (exact) mass is 276 g/mol. The summed E-state index contributed by atoms with van der Waals surface area (Å²) in [6.45, 7) is 3.29. The lowest BCUT2D eigenvalue weighted by Gasteiger charge is -2.32. The molecule has 1 heterocycles. The van der Waals surface area contributed by atoms with E-state index in [1.807, 2.05) is 6.92 Å². The number of amides is 3. The number of carbonyl (C=O) groups is 3. The highest BCUT2D eigenvalue weighted by molar-refractivity contribution is 6.08. The highest BCUT2D eigenvalue weighted by Crippen LogP contribution is 2.20. The number of hydrazine groups is 1. The number of piperazine rings is 1. The Hall–Kier alpha value is -2.41. The van der Waals surface area contributed by atoms with Crippen molar-refractivity contribution in [3.05, 3.63) is 29.3 Å². The van der Waals surface area contributed by atoms with Crippen molar-refractivity contribution >= 4 is 23.4 Å². The van der Waals surface area contributed by atoms with Crippen LogP contribution in [0.3, 0.4) is 0 Å². The van der Waals surface area contributed by atoms with Crippen molar-refractivity contribution in [2.24, 2.45) is 5.84 Å². The molecule has 0 saturated carbocycles. The first kappa shape index (κ1) is 14.0. The molecule has 3 amide bonds. The molecule has 1 saturated heterocycles. The van der Waals surface area contributed by atoms with Crippen LogP contribution in [0, 0.1) is 6.92 Å². The van der Waals surface area contributed by atoms with Crippen LogP contribution in [-0.4, -0.2) is 35.2 Å². The molecule has 0 bridgehead atoms. The molecule has 1 aliphatic heterocycles. The number of rotatable bonds is 2. The van der Waals surface area contributed by atoms with E-state index in [0.717, 1.165) is 5.56 Å². The molecule has 1 aromatic rings. The van der Waals surface area contributed by atoms with Gasteiger partial charge in [-0.3, -0.25) is 25.5 Å².